The van der Waals surface area contributed by atoms with Crippen molar-refractivity contribution in [3.63, 3.8) is 0 Å². The molecule has 0 unspecified atom stereocenters. The van der Waals surface area contributed by atoms with Gasteiger partial charge in [0.25, 0.3) is 5.56 Å². The Labute approximate surface area is 172 Å². The van der Waals surface area contributed by atoms with Crippen LogP contribution in [0, 0.1) is 0 Å². The summed E-state index contributed by atoms with van der Waals surface area (Å²) in [5, 5.41) is 0. The van der Waals surface area contributed by atoms with Gasteiger partial charge in [0.05, 0.1) is 18.2 Å². The molecule has 1 aromatic carbocycles. The molecule has 5 rings (SSSR count). The van der Waals surface area contributed by atoms with Crippen LogP contribution >= 0.6 is 0 Å². The number of piperidine rings is 1. The number of aromatic nitrogens is 5. The predicted octanol–water partition coefficient (Wildman–Crippen LogP) is 2.11. The molecule has 0 aliphatic carbocycles. The molecule has 0 amide bonds. The van der Waals surface area contributed by atoms with Crippen LogP contribution in [0.5, 0.6) is 0 Å². The Morgan fingerprint density at radius 1 is 1.03 bits per heavy atom. The number of aromatic amines is 1. The zero-order chi connectivity index (χ0) is 20.5. The second-order valence-corrected chi connectivity index (χ2v) is 7.62. The molecule has 152 valence electrons. The number of nitrogens with zero attached hydrogens (tertiary/aromatic N) is 5. The first-order chi connectivity index (χ1) is 14.7. The maximum absolute atomic E-state index is 12.7. The van der Waals surface area contributed by atoms with E-state index in [1.54, 1.807) is 30.9 Å². The zero-order valence-corrected chi connectivity index (χ0v) is 16.4. The molecule has 0 saturated carbocycles. The molecule has 1 fully saturated rings. The molecule has 8 nitrogen and oxygen atoms in total. The molecule has 0 atom stereocenters. The van der Waals surface area contributed by atoms with Crippen molar-refractivity contribution in [1.29, 1.82) is 0 Å². The number of pyridine rings is 1. The van der Waals surface area contributed by atoms with Gasteiger partial charge in [-0.05, 0) is 30.5 Å². The summed E-state index contributed by atoms with van der Waals surface area (Å²) in [5.41, 5.74) is 1.76. The number of hydrogen-bond donors (Lipinski definition) is 1. The van der Waals surface area contributed by atoms with Crippen LogP contribution in [0.2, 0.25) is 0 Å². The summed E-state index contributed by atoms with van der Waals surface area (Å²) in [5.74, 6) is 0. The minimum atomic E-state index is -0.483. The maximum atomic E-state index is 12.7. The lowest BCUT2D eigenvalue weighted by atomic mass is 10.0. The monoisotopic (exact) mass is 402 g/mol. The largest absolute Gasteiger partial charge is 0.334 e. The van der Waals surface area contributed by atoms with Crippen molar-refractivity contribution in [1.82, 2.24) is 29.0 Å². The van der Waals surface area contributed by atoms with E-state index in [4.69, 9.17) is 0 Å². The van der Waals surface area contributed by atoms with Gasteiger partial charge in [0, 0.05) is 31.9 Å². The summed E-state index contributed by atoms with van der Waals surface area (Å²) in [7, 11) is 0. The molecule has 3 aromatic heterocycles. The van der Waals surface area contributed by atoms with Crippen molar-refractivity contribution in [3.8, 4) is 5.69 Å². The third kappa shape index (κ3) is 3.35. The minimum Gasteiger partial charge on any atom is -0.313 e. The van der Waals surface area contributed by atoms with E-state index in [0.717, 1.165) is 32.5 Å². The van der Waals surface area contributed by atoms with E-state index in [0.29, 0.717) is 11.3 Å². The summed E-state index contributed by atoms with van der Waals surface area (Å²) >= 11 is 0. The smallest absolute Gasteiger partial charge is 0.313 e. The molecule has 4 aromatic rings. The molecule has 1 saturated heterocycles. The fourth-order valence-corrected chi connectivity index (χ4v) is 4.23. The van der Waals surface area contributed by atoms with E-state index in [1.807, 2.05) is 10.6 Å². The van der Waals surface area contributed by atoms with Gasteiger partial charge < -0.3 is 4.57 Å². The Morgan fingerprint density at radius 3 is 2.57 bits per heavy atom. The first-order valence-corrected chi connectivity index (χ1v) is 10.1. The lowest BCUT2D eigenvalue weighted by Crippen LogP contribution is -2.35. The third-order valence-corrected chi connectivity index (χ3v) is 5.72. The lowest BCUT2D eigenvalue weighted by molar-refractivity contribution is 0.181. The highest BCUT2D eigenvalue weighted by atomic mass is 16.2. The zero-order valence-electron chi connectivity index (χ0n) is 16.4. The van der Waals surface area contributed by atoms with Crippen molar-refractivity contribution >= 4 is 11.2 Å². The second kappa shape index (κ2) is 7.72. The SMILES string of the molecule is O=c1[nH]c(=O)n(-c2cccnc2)c2c1ncn2C1CCN(Cc2ccccc2)CC1. The van der Waals surface area contributed by atoms with E-state index in [1.165, 1.54) is 10.1 Å². The number of H-pyrrole nitrogens is 1. The first kappa shape index (κ1) is 18.5. The molecular formula is C22H22N6O2. The predicted molar refractivity (Wildman–Crippen MR) is 114 cm³/mol. The Balaban J connectivity index is 1.47. The van der Waals surface area contributed by atoms with Gasteiger partial charge in [-0.15, -0.1) is 0 Å². The number of imidazole rings is 1. The quantitative estimate of drug-likeness (QED) is 0.565. The summed E-state index contributed by atoms with van der Waals surface area (Å²) in [4.78, 5) is 38.3. The number of benzene rings is 1. The van der Waals surface area contributed by atoms with E-state index in [9.17, 15) is 9.59 Å². The van der Waals surface area contributed by atoms with Crippen molar-refractivity contribution in [2.75, 3.05) is 13.1 Å². The van der Waals surface area contributed by atoms with Crippen molar-refractivity contribution in [3.05, 3.63) is 87.6 Å². The van der Waals surface area contributed by atoms with Crippen molar-refractivity contribution in [2.45, 2.75) is 25.4 Å². The average molecular weight is 402 g/mol. The van der Waals surface area contributed by atoms with Crippen LogP contribution in [0.25, 0.3) is 16.9 Å². The number of hydrogen-bond acceptors (Lipinski definition) is 5. The van der Waals surface area contributed by atoms with E-state index in [2.05, 4.69) is 44.1 Å². The second-order valence-electron chi connectivity index (χ2n) is 7.62. The fourth-order valence-electron chi connectivity index (χ4n) is 4.23. The van der Waals surface area contributed by atoms with Crippen LogP contribution in [0.15, 0.2) is 70.8 Å². The molecule has 0 spiro atoms. The lowest BCUT2D eigenvalue weighted by Gasteiger charge is -2.33. The Bertz CT molecular complexity index is 1270. The van der Waals surface area contributed by atoms with Crippen molar-refractivity contribution in [2.24, 2.45) is 0 Å². The molecule has 1 aliphatic heterocycles. The molecule has 8 heteroatoms. The number of fused-ring (bicyclic) bond motifs is 1. The Hall–Kier alpha value is -3.52. The van der Waals surface area contributed by atoms with E-state index in [-0.39, 0.29) is 11.6 Å². The minimum absolute atomic E-state index is 0.172. The van der Waals surface area contributed by atoms with Gasteiger partial charge in [0.2, 0.25) is 0 Å². The summed E-state index contributed by atoms with van der Waals surface area (Å²) < 4.78 is 3.48. The molecular weight excluding hydrogens is 380 g/mol. The van der Waals surface area contributed by atoms with Gasteiger partial charge in [0.1, 0.15) is 0 Å². The van der Waals surface area contributed by atoms with E-state index < -0.39 is 11.2 Å². The standard InChI is InChI=1S/C22H22N6O2/c29-20-19-21(28(22(30)25-20)18-7-4-10-23-13-18)27(15-24-19)17-8-11-26(12-9-17)14-16-5-2-1-3-6-16/h1-7,10,13,15,17H,8-9,11-12,14H2,(H,25,29,30). The van der Waals surface area contributed by atoms with Crippen LogP contribution in [0.3, 0.4) is 0 Å². The van der Waals surface area contributed by atoms with Gasteiger partial charge in [-0.2, -0.15) is 0 Å². The molecule has 0 bridgehead atoms. The van der Waals surface area contributed by atoms with Crippen molar-refractivity contribution < 1.29 is 0 Å². The molecule has 4 heterocycles. The average Bonchev–Trinajstić information content (AvgIpc) is 3.21. The Morgan fingerprint density at radius 2 is 1.83 bits per heavy atom. The summed E-state index contributed by atoms with van der Waals surface area (Å²) in [6, 6.07) is 14.2. The van der Waals surface area contributed by atoms with Gasteiger partial charge in [0.15, 0.2) is 11.2 Å². The first-order valence-electron chi connectivity index (χ1n) is 10.1. The summed E-state index contributed by atoms with van der Waals surface area (Å²) in [6.07, 6.45) is 6.79. The van der Waals surface area contributed by atoms with E-state index >= 15 is 0 Å². The van der Waals surface area contributed by atoms with Crippen LogP contribution in [0.1, 0.15) is 24.4 Å². The van der Waals surface area contributed by atoms with Gasteiger partial charge in [-0.1, -0.05) is 30.3 Å². The molecule has 30 heavy (non-hydrogen) atoms. The van der Waals surface area contributed by atoms with Crippen LogP contribution in [-0.4, -0.2) is 42.1 Å². The molecule has 1 aliphatic rings. The van der Waals surface area contributed by atoms with Gasteiger partial charge >= 0.3 is 5.69 Å². The number of likely N-dealkylation sites (tertiary alicyclic amines) is 1. The highest BCUT2D eigenvalue weighted by Crippen LogP contribution is 2.27. The molecule has 1 N–H and O–H groups in total. The highest BCUT2D eigenvalue weighted by molar-refractivity contribution is 5.72. The number of rotatable bonds is 4. The molecule has 0 radical (unpaired) electrons. The highest BCUT2D eigenvalue weighted by Gasteiger charge is 2.24. The number of nitrogens with one attached hydrogen (secondary N) is 1. The van der Waals surface area contributed by atoms with Gasteiger partial charge in [-0.25, -0.2) is 14.3 Å². The Kier molecular flexibility index (Phi) is 4.76. The summed E-state index contributed by atoms with van der Waals surface area (Å²) in [6.45, 7) is 2.82. The normalized spacial score (nSPS) is 15.6. The fraction of sp³-hybridized carbons (Fsp3) is 0.273. The third-order valence-electron chi connectivity index (χ3n) is 5.72. The maximum Gasteiger partial charge on any atom is 0.334 e. The van der Waals surface area contributed by atoms with Gasteiger partial charge in [-0.3, -0.25) is 19.7 Å². The van der Waals surface area contributed by atoms with Crippen LogP contribution in [0.4, 0.5) is 0 Å². The topological polar surface area (TPSA) is 88.8 Å². The van der Waals surface area contributed by atoms with Crippen LogP contribution in [-0.2, 0) is 6.54 Å². The van der Waals surface area contributed by atoms with Crippen LogP contribution < -0.4 is 11.2 Å².